The van der Waals surface area contributed by atoms with Crippen LogP contribution in [0.2, 0.25) is 0 Å². The molecule has 0 spiro atoms. The molecule has 2 aromatic rings. The number of hydrogen-bond acceptors (Lipinski definition) is 2. The number of aryl methyl sites for hydroxylation is 2. The van der Waals surface area contributed by atoms with Crippen LogP contribution in [0.4, 0.5) is 0 Å². The fraction of sp³-hybridized carbons (Fsp3) is 0.417. The molecule has 1 aliphatic rings. The van der Waals surface area contributed by atoms with Crippen LogP contribution in [0.5, 0.6) is 0 Å². The van der Waals surface area contributed by atoms with Crippen molar-refractivity contribution < 1.29 is 0 Å². The van der Waals surface area contributed by atoms with Gasteiger partial charge in [0.15, 0.2) is 0 Å². The van der Waals surface area contributed by atoms with Gasteiger partial charge >= 0.3 is 0 Å². The molecule has 0 aliphatic heterocycles. The second-order valence-corrected chi connectivity index (χ2v) is 4.55. The Morgan fingerprint density at radius 1 is 1.40 bits per heavy atom. The van der Waals surface area contributed by atoms with E-state index in [4.69, 9.17) is 5.73 Å². The molecular formula is C12H15N3. The van der Waals surface area contributed by atoms with Crippen LogP contribution in [0, 0.1) is 6.92 Å². The molecule has 0 amide bonds. The highest BCUT2D eigenvalue weighted by Crippen LogP contribution is 2.45. The van der Waals surface area contributed by atoms with Crippen LogP contribution >= 0.6 is 0 Å². The third kappa shape index (κ3) is 1.13. The van der Waals surface area contributed by atoms with Crippen LogP contribution in [-0.2, 0) is 12.6 Å². The quantitative estimate of drug-likeness (QED) is 0.765. The summed E-state index contributed by atoms with van der Waals surface area (Å²) in [7, 11) is 2.06. The number of nitrogens with two attached hydrogens (primary N) is 1. The van der Waals surface area contributed by atoms with Gasteiger partial charge in [0.1, 0.15) is 5.82 Å². The van der Waals surface area contributed by atoms with E-state index in [0.29, 0.717) is 0 Å². The molecule has 78 valence electrons. The third-order valence-corrected chi connectivity index (χ3v) is 3.44. The summed E-state index contributed by atoms with van der Waals surface area (Å²) in [4.78, 5) is 4.52. The lowest BCUT2D eigenvalue weighted by Crippen LogP contribution is -2.19. The highest BCUT2D eigenvalue weighted by atomic mass is 15.1. The first-order valence-electron chi connectivity index (χ1n) is 5.33. The second-order valence-electron chi connectivity index (χ2n) is 4.55. The average Bonchev–Trinajstić information content (AvgIpc) is 2.89. The minimum Gasteiger partial charge on any atom is -0.331 e. The number of fused-ring (bicyclic) bond motifs is 1. The molecule has 0 bridgehead atoms. The summed E-state index contributed by atoms with van der Waals surface area (Å²) in [6, 6.07) is 6.24. The van der Waals surface area contributed by atoms with Gasteiger partial charge in [-0.2, -0.15) is 0 Å². The Morgan fingerprint density at radius 2 is 2.13 bits per heavy atom. The van der Waals surface area contributed by atoms with Crippen LogP contribution in [0.3, 0.4) is 0 Å². The van der Waals surface area contributed by atoms with Crippen molar-refractivity contribution in [3.05, 3.63) is 29.6 Å². The van der Waals surface area contributed by atoms with Crippen molar-refractivity contribution in [2.75, 3.05) is 0 Å². The summed E-state index contributed by atoms with van der Waals surface area (Å²) in [5.74, 6) is 1.04. The first-order valence-corrected chi connectivity index (χ1v) is 5.33. The smallest absolute Gasteiger partial charge is 0.106 e. The van der Waals surface area contributed by atoms with Crippen LogP contribution < -0.4 is 5.73 Å². The van der Waals surface area contributed by atoms with E-state index in [1.165, 1.54) is 11.1 Å². The van der Waals surface area contributed by atoms with Crippen molar-refractivity contribution in [1.82, 2.24) is 9.55 Å². The molecule has 0 radical (unpaired) electrons. The number of para-hydroxylation sites is 1. The van der Waals surface area contributed by atoms with Gasteiger partial charge in [0.2, 0.25) is 0 Å². The molecule has 1 aromatic heterocycles. The average molecular weight is 201 g/mol. The summed E-state index contributed by atoms with van der Waals surface area (Å²) in [5, 5.41) is 0. The molecule has 0 atom stereocenters. The predicted octanol–water partition coefficient (Wildman–Crippen LogP) is 1.83. The number of imidazole rings is 1. The fourth-order valence-corrected chi connectivity index (χ4v) is 2.19. The molecule has 0 saturated heterocycles. The molecule has 2 N–H and O–H groups in total. The first-order chi connectivity index (χ1) is 7.12. The zero-order valence-corrected chi connectivity index (χ0v) is 9.12. The van der Waals surface area contributed by atoms with Gasteiger partial charge in [-0.3, -0.25) is 0 Å². The molecule has 3 nitrogen and oxygen atoms in total. The van der Waals surface area contributed by atoms with Crippen molar-refractivity contribution in [1.29, 1.82) is 0 Å². The minimum atomic E-state index is -0.0836. The second kappa shape index (κ2) is 2.61. The van der Waals surface area contributed by atoms with Crippen molar-refractivity contribution in [3.63, 3.8) is 0 Å². The Hall–Kier alpha value is -1.35. The van der Waals surface area contributed by atoms with E-state index < -0.39 is 0 Å². The predicted molar refractivity (Wildman–Crippen MR) is 60.6 cm³/mol. The molecule has 1 aliphatic carbocycles. The van der Waals surface area contributed by atoms with Gasteiger partial charge in [-0.15, -0.1) is 0 Å². The first kappa shape index (κ1) is 8.92. The number of benzene rings is 1. The van der Waals surface area contributed by atoms with Gasteiger partial charge < -0.3 is 10.3 Å². The highest BCUT2D eigenvalue weighted by molar-refractivity contribution is 5.81. The molecule has 0 unspecified atom stereocenters. The van der Waals surface area contributed by atoms with Gasteiger partial charge in [-0.1, -0.05) is 12.1 Å². The molecular weight excluding hydrogens is 186 g/mol. The molecule has 15 heavy (non-hydrogen) atoms. The van der Waals surface area contributed by atoms with Gasteiger partial charge in [0.25, 0.3) is 0 Å². The van der Waals surface area contributed by atoms with Gasteiger partial charge in [-0.05, 0) is 31.4 Å². The number of nitrogens with zero attached hydrogens (tertiary/aromatic N) is 2. The van der Waals surface area contributed by atoms with E-state index in [0.717, 1.165) is 24.2 Å². The van der Waals surface area contributed by atoms with Crippen molar-refractivity contribution in [2.24, 2.45) is 12.8 Å². The topological polar surface area (TPSA) is 43.8 Å². The Kier molecular flexibility index (Phi) is 1.55. The maximum absolute atomic E-state index is 6.27. The maximum Gasteiger partial charge on any atom is 0.106 e. The molecule has 1 saturated carbocycles. The van der Waals surface area contributed by atoms with E-state index in [9.17, 15) is 0 Å². The molecule has 1 heterocycles. The Balaban J connectivity index is 2.38. The van der Waals surface area contributed by atoms with E-state index in [-0.39, 0.29) is 5.54 Å². The van der Waals surface area contributed by atoms with E-state index >= 15 is 0 Å². The minimum absolute atomic E-state index is 0.0836. The lowest BCUT2D eigenvalue weighted by molar-refractivity contribution is 0.738. The van der Waals surface area contributed by atoms with Crippen molar-refractivity contribution in [3.8, 4) is 0 Å². The van der Waals surface area contributed by atoms with Gasteiger partial charge in [-0.25, -0.2) is 4.98 Å². The van der Waals surface area contributed by atoms with Gasteiger partial charge in [0, 0.05) is 12.6 Å². The third-order valence-electron chi connectivity index (χ3n) is 3.44. The summed E-state index contributed by atoms with van der Waals surface area (Å²) in [5.41, 5.74) is 9.70. The largest absolute Gasteiger partial charge is 0.331 e. The Labute approximate surface area is 88.9 Å². The summed E-state index contributed by atoms with van der Waals surface area (Å²) in [6.45, 7) is 2.03. The number of hydrogen-bond donors (Lipinski definition) is 1. The van der Waals surface area contributed by atoms with E-state index in [1.807, 2.05) is 6.92 Å². The summed E-state index contributed by atoms with van der Waals surface area (Å²) < 4.78 is 2.14. The van der Waals surface area contributed by atoms with Crippen LogP contribution in [0.15, 0.2) is 18.2 Å². The fourth-order valence-electron chi connectivity index (χ4n) is 2.19. The van der Waals surface area contributed by atoms with Crippen LogP contribution in [-0.4, -0.2) is 9.55 Å². The normalized spacial score (nSPS) is 18.3. The molecule has 1 fully saturated rings. The SMILES string of the molecule is Cc1nc2cccc(C3(N)CC3)c2n1C. The zero-order valence-electron chi connectivity index (χ0n) is 9.12. The van der Waals surface area contributed by atoms with E-state index in [1.54, 1.807) is 0 Å². The lowest BCUT2D eigenvalue weighted by Gasteiger charge is -2.11. The van der Waals surface area contributed by atoms with Crippen molar-refractivity contribution in [2.45, 2.75) is 25.3 Å². The highest BCUT2D eigenvalue weighted by Gasteiger charge is 2.41. The van der Waals surface area contributed by atoms with Crippen molar-refractivity contribution >= 4 is 11.0 Å². The molecule has 1 aromatic carbocycles. The zero-order chi connectivity index (χ0) is 10.6. The summed E-state index contributed by atoms with van der Waals surface area (Å²) >= 11 is 0. The lowest BCUT2D eigenvalue weighted by atomic mass is 10.0. The molecule has 3 rings (SSSR count). The van der Waals surface area contributed by atoms with E-state index in [2.05, 4.69) is 34.8 Å². The monoisotopic (exact) mass is 201 g/mol. The van der Waals surface area contributed by atoms with Crippen LogP contribution in [0.1, 0.15) is 24.2 Å². The number of aromatic nitrogens is 2. The van der Waals surface area contributed by atoms with Crippen LogP contribution in [0.25, 0.3) is 11.0 Å². The maximum atomic E-state index is 6.27. The standard InChI is InChI=1S/C12H15N3/c1-8-14-10-5-3-4-9(11(10)15(8)2)12(13)6-7-12/h3-5H,6-7,13H2,1-2H3. The number of rotatable bonds is 1. The Morgan fingerprint density at radius 3 is 2.80 bits per heavy atom. The Bertz CT molecular complexity index is 535. The molecule has 3 heteroatoms. The summed E-state index contributed by atoms with van der Waals surface area (Å²) in [6.07, 6.45) is 2.19. The van der Waals surface area contributed by atoms with Gasteiger partial charge in [0.05, 0.1) is 11.0 Å².